The first-order valence-corrected chi connectivity index (χ1v) is 5.51. The first-order valence-electron chi connectivity index (χ1n) is 4.72. The summed E-state index contributed by atoms with van der Waals surface area (Å²) in [7, 11) is 0. The van der Waals surface area contributed by atoms with Crippen molar-refractivity contribution in [2.75, 3.05) is 0 Å². The standard InChI is InChI=1S/C13H11BrO/c1-9-3-2-4-10(7-9)11-5-6-12(14)13(15)8-11/h2-8,15H,1H3. The molecule has 0 aliphatic carbocycles. The molecule has 0 bridgehead atoms. The molecule has 0 saturated heterocycles. The van der Waals surface area contributed by atoms with Crippen LogP contribution in [-0.4, -0.2) is 5.11 Å². The lowest BCUT2D eigenvalue weighted by molar-refractivity contribution is 0.472. The molecule has 15 heavy (non-hydrogen) atoms. The van der Waals surface area contributed by atoms with E-state index in [9.17, 15) is 5.11 Å². The molecule has 0 fully saturated rings. The Bertz CT molecular complexity index is 492. The second-order valence-corrected chi connectivity index (χ2v) is 4.39. The van der Waals surface area contributed by atoms with Gasteiger partial charge in [-0.05, 0) is 46.1 Å². The Labute approximate surface area is 97.5 Å². The van der Waals surface area contributed by atoms with E-state index in [4.69, 9.17) is 0 Å². The van der Waals surface area contributed by atoms with Gasteiger partial charge in [-0.3, -0.25) is 0 Å². The molecule has 0 saturated carbocycles. The van der Waals surface area contributed by atoms with Crippen LogP contribution in [0.15, 0.2) is 46.9 Å². The maximum atomic E-state index is 9.58. The Morgan fingerprint density at radius 1 is 1.00 bits per heavy atom. The van der Waals surface area contributed by atoms with Gasteiger partial charge in [0, 0.05) is 0 Å². The largest absolute Gasteiger partial charge is 0.507 e. The first kappa shape index (κ1) is 10.2. The average Bonchev–Trinajstić information content (AvgIpc) is 2.22. The second kappa shape index (κ2) is 4.07. The molecule has 0 spiro atoms. The molecule has 0 atom stereocenters. The third-order valence-electron chi connectivity index (χ3n) is 2.30. The molecule has 0 unspecified atom stereocenters. The zero-order valence-corrected chi connectivity index (χ0v) is 9.95. The molecular weight excluding hydrogens is 252 g/mol. The van der Waals surface area contributed by atoms with E-state index in [2.05, 4.69) is 35.0 Å². The van der Waals surface area contributed by atoms with Crippen molar-refractivity contribution in [3.05, 3.63) is 52.5 Å². The fraction of sp³-hybridized carbons (Fsp3) is 0.0769. The number of hydrogen-bond acceptors (Lipinski definition) is 1. The minimum absolute atomic E-state index is 0.272. The molecular formula is C13H11BrO. The summed E-state index contributed by atoms with van der Waals surface area (Å²) >= 11 is 3.27. The molecule has 0 aliphatic heterocycles. The summed E-state index contributed by atoms with van der Waals surface area (Å²) in [5.41, 5.74) is 3.37. The van der Waals surface area contributed by atoms with Gasteiger partial charge >= 0.3 is 0 Å². The zero-order chi connectivity index (χ0) is 10.8. The van der Waals surface area contributed by atoms with Crippen LogP contribution in [0.1, 0.15) is 5.56 Å². The fourth-order valence-electron chi connectivity index (χ4n) is 1.52. The smallest absolute Gasteiger partial charge is 0.130 e. The Hall–Kier alpha value is -1.28. The number of benzene rings is 2. The highest BCUT2D eigenvalue weighted by molar-refractivity contribution is 9.10. The lowest BCUT2D eigenvalue weighted by atomic mass is 10.0. The highest BCUT2D eigenvalue weighted by Gasteiger charge is 2.01. The number of aryl methyl sites for hydroxylation is 1. The van der Waals surface area contributed by atoms with Crippen LogP contribution in [0.4, 0.5) is 0 Å². The third kappa shape index (κ3) is 2.21. The first-order chi connectivity index (χ1) is 7.16. The van der Waals surface area contributed by atoms with Gasteiger partial charge in [-0.25, -0.2) is 0 Å². The van der Waals surface area contributed by atoms with E-state index in [1.54, 1.807) is 6.07 Å². The molecule has 2 aromatic rings. The van der Waals surface area contributed by atoms with E-state index in [-0.39, 0.29) is 5.75 Å². The Morgan fingerprint density at radius 2 is 1.73 bits per heavy atom. The van der Waals surface area contributed by atoms with Crippen molar-refractivity contribution in [2.24, 2.45) is 0 Å². The molecule has 0 aliphatic rings. The SMILES string of the molecule is Cc1cccc(-c2ccc(Br)c(O)c2)c1. The van der Waals surface area contributed by atoms with Gasteiger partial charge in [0.05, 0.1) is 4.47 Å². The van der Waals surface area contributed by atoms with Crippen LogP contribution < -0.4 is 0 Å². The van der Waals surface area contributed by atoms with Gasteiger partial charge in [0.25, 0.3) is 0 Å². The topological polar surface area (TPSA) is 20.2 Å². The van der Waals surface area contributed by atoms with Crippen LogP contribution in [0.5, 0.6) is 5.75 Å². The monoisotopic (exact) mass is 262 g/mol. The van der Waals surface area contributed by atoms with Gasteiger partial charge in [-0.2, -0.15) is 0 Å². The number of hydrogen-bond donors (Lipinski definition) is 1. The average molecular weight is 263 g/mol. The molecule has 0 radical (unpaired) electrons. The van der Waals surface area contributed by atoms with Gasteiger partial charge in [-0.15, -0.1) is 0 Å². The summed E-state index contributed by atoms with van der Waals surface area (Å²) in [6.45, 7) is 2.06. The quantitative estimate of drug-likeness (QED) is 0.820. The highest BCUT2D eigenvalue weighted by atomic mass is 79.9. The van der Waals surface area contributed by atoms with Crippen molar-refractivity contribution in [2.45, 2.75) is 6.92 Å². The molecule has 2 aromatic carbocycles. The molecule has 76 valence electrons. The van der Waals surface area contributed by atoms with Crippen molar-refractivity contribution in [1.82, 2.24) is 0 Å². The van der Waals surface area contributed by atoms with Gasteiger partial charge in [-0.1, -0.05) is 35.9 Å². The number of halogens is 1. The molecule has 0 aromatic heterocycles. The fourth-order valence-corrected chi connectivity index (χ4v) is 1.76. The highest BCUT2D eigenvalue weighted by Crippen LogP contribution is 2.29. The number of phenolic OH excluding ortho intramolecular Hbond substituents is 1. The summed E-state index contributed by atoms with van der Waals surface area (Å²) in [4.78, 5) is 0. The van der Waals surface area contributed by atoms with Gasteiger partial charge in [0.2, 0.25) is 0 Å². The Kier molecular flexibility index (Phi) is 2.78. The maximum Gasteiger partial charge on any atom is 0.130 e. The predicted octanol–water partition coefficient (Wildman–Crippen LogP) is 4.13. The third-order valence-corrected chi connectivity index (χ3v) is 2.97. The van der Waals surface area contributed by atoms with Crippen LogP contribution in [0.2, 0.25) is 0 Å². The van der Waals surface area contributed by atoms with E-state index >= 15 is 0 Å². The van der Waals surface area contributed by atoms with E-state index in [0.717, 1.165) is 15.6 Å². The van der Waals surface area contributed by atoms with Crippen LogP contribution in [0, 0.1) is 6.92 Å². The number of phenols is 1. The minimum atomic E-state index is 0.272. The maximum absolute atomic E-state index is 9.58. The summed E-state index contributed by atoms with van der Waals surface area (Å²) in [5.74, 6) is 0.272. The molecule has 0 heterocycles. The van der Waals surface area contributed by atoms with Gasteiger partial charge in [0.15, 0.2) is 0 Å². The van der Waals surface area contributed by atoms with E-state index < -0.39 is 0 Å². The number of rotatable bonds is 1. The minimum Gasteiger partial charge on any atom is -0.507 e. The molecule has 1 nitrogen and oxygen atoms in total. The van der Waals surface area contributed by atoms with E-state index in [1.165, 1.54) is 5.56 Å². The van der Waals surface area contributed by atoms with Crippen LogP contribution in [-0.2, 0) is 0 Å². The van der Waals surface area contributed by atoms with Crippen molar-refractivity contribution in [1.29, 1.82) is 0 Å². The van der Waals surface area contributed by atoms with Crippen molar-refractivity contribution >= 4 is 15.9 Å². The van der Waals surface area contributed by atoms with Crippen LogP contribution in [0.3, 0.4) is 0 Å². The molecule has 2 heteroatoms. The molecule has 0 amide bonds. The van der Waals surface area contributed by atoms with Crippen molar-refractivity contribution in [3.63, 3.8) is 0 Å². The number of aromatic hydroxyl groups is 1. The predicted molar refractivity (Wildman–Crippen MR) is 66.0 cm³/mol. The molecule has 1 N–H and O–H groups in total. The lowest BCUT2D eigenvalue weighted by Crippen LogP contribution is -1.79. The summed E-state index contributed by atoms with van der Waals surface area (Å²) in [6.07, 6.45) is 0. The lowest BCUT2D eigenvalue weighted by Gasteiger charge is -2.04. The summed E-state index contributed by atoms with van der Waals surface area (Å²) < 4.78 is 0.721. The summed E-state index contributed by atoms with van der Waals surface area (Å²) in [6, 6.07) is 13.8. The van der Waals surface area contributed by atoms with Crippen molar-refractivity contribution < 1.29 is 5.11 Å². The normalized spacial score (nSPS) is 10.3. The van der Waals surface area contributed by atoms with Gasteiger partial charge < -0.3 is 5.11 Å². The Morgan fingerprint density at radius 3 is 2.40 bits per heavy atom. The Balaban J connectivity index is 2.50. The van der Waals surface area contributed by atoms with E-state index in [0.29, 0.717) is 0 Å². The van der Waals surface area contributed by atoms with Gasteiger partial charge in [0.1, 0.15) is 5.75 Å². The van der Waals surface area contributed by atoms with Crippen LogP contribution in [0.25, 0.3) is 11.1 Å². The zero-order valence-electron chi connectivity index (χ0n) is 8.37. The summed E-state index contributed by atoms with van der Waals surface area (Å²) in [5, 5.41) is 9.58. The van der Waals surface area contributed by atoms with Crippen molar-refractivity contribution in [3.8, 4) is 16.9 Å². The van der Waals surface area contributed by atoms with E-state index in [1.807, 2.05) is 24.3 Å². The molecule has 2 rings (SSSR count). The second-order valence-electron chi connectivity index (χ2n) is 3.54. The van der Waals surface area contributed by atoms with Crippen LogP contribution >= 0.6 is 15.9 Å².